The van der Waals surface area contributed by atoms with Gasteiger partial charge >= 0.3 is 0 Å². The first-order valence-corrected chi connectivity index (χ1v) is 13.6. The molecule has 7 atom stereocenters. The third kappa shape index (κ3) is 4.74. The van der Waals surface area contributed by atoms with Crippen molar-refractivity contribution in [2.75, 3.05) is 0 Å². The third-order valence-electron chi connectivity index (χ3n) is 10.0. The third-order valence-corrected chi connectivity index (χ3v) is 10.8. The normalized spacial score (nSPS) is 43.7. The molecular weight excluding hydrogens is 369 g/mol. The average molecular weight is 418 g/mol. The Morgan fingerprint density at radius 1 is 0.966 bits per heavy atom. The van der Waals surface area contributed by atoms with Crippen molar-refractivity contribution >= 4 is 9.24 Å². The molecule has 0 heterocycles. The zero-order chi connectivity index (χ0) is 21.2. The topological polar surface area (TPSA) is 23.8 Å². The number of hydrogen-bond acceptors (Lipinski definition) is 1. The van der Waals surface area contributed by atoms with E-state index < -0.39 is 0 Å². The van der Waals surface area contributed by atoms with Gasteiger partial charge in [-0.25, -0.2) is 0 Å². The Kier molecular flexibility index (Phi) is 7.80. The van der Waals surface area contributed by atoms with Crippen LogP contribution in [0.2, 0.25) is 0 Å². The predicted octanol–water partition coefficient (Wildman–Crippen LogP) is 8.25. The molecule has 0 aliphatic heterocycles. The fraction of sp³-hybridized carbons (Fsp3) is 0.963. The van der Waals surface area contributed by atoms with Crippen LogP contribution >= 0.6 is 9.24 Å². The molecule has 3 aliphatic rings. The molecule has 3 rings (SSSR count). The molecule has 166 valence electrons. The first-order chi connectivity index (χ1) is 13.7. The highest BCUT2D eigenvalue weighted by molar-refractivity contribution is 7.17. The minimum atomic E-state index is 0.330. The van der Waals surface area contributed by atoms with Gasteiger partial charge in [-0.15, -0.1) is 9.24 Å². The number of hydrogen-bond donors (Lipinski definition) is 0. The number of nitrogens with zero attached hydrogens (tertiary/aromatic N) is 1. The van der Waals surface area contributed by atoms with Crippen molar-refractivity contribution in [2.45, 2.75) is 117 Å². The van der Waals surface area contributed by atoms with Gasteiger partial charge in [0.1, 0.15) is 0 Å². The van der Waals surface area contributed by atoms with Crippen molar-refractivity contribution in [3.63, 3.8) is 0 Å². The summed E-state index contributed by atoms with van der Waals surface area (Å²) in [5.74, 6) is 4.84. The molecule has 2 heteroatoms. The van der Waals surface area contributed by atoms with Crippen LogP contribution in [-0.2, 0) is 0 Å². The maximum absolute atomic E-state index is 9.35. The van der Waals surface area contributed by atoms with E-state index in [1.54, 1.807) is 0 Å². The van der Waals surface area contributed by atoms with Gasteiger partial charge < -0.3 is 0 Å². The summed E-state index contributed by atoms with van der Waals surface area (Å²) in [4.78, 5) is 0. The Bertz CT molecular complexity index is 570. The molecule has 0 aromatic carbocycles. The summed E-state index contributed by atoms with van der Waals surface area (Å²) in [5.41, 5.74) is 1.88. The van der Waals surface area contributed by atoms with Crippen LogP contribution in [0.5, 0.6) is 0 Å². The van der Waals surface area contributed by atoms with E-state index in [9.17, 15) is 5.26 Å². The van der Waals surface area contributed by atoms with E-state index in [1.807, 2.05) is 0 Å². The summed E-state index contributed by atoms with van der Waals surface area (Å²) >= 11 is 0. The predicted molar refractivity (Wildman–Crippen MR) is 129 cm³/mol. The summed E-state index contributed by atoms with van der Waals surface area (Å²) in [7, 11) is 3.29. The van der Waals surface area contributed by atoms with Crippen molar-refractivity contribution in [1.29, 1.82) is 5.26 Å². The second kappa shape index (κ2) is 9.60. The quantitative estimate of drug-likeness (QED) is 0.383. The summed E-state index contributed by atoms with van der Waals surface area (Å²) in [6.07, 6.45) is 16.3. The van der Waals surface area contributed by atoms with E-state index in [2.05, 4.69) is 49.9 Å². The minimum Gasteiger partial charge on any atom is -0.198 e. The molecule has 3 fully saturated rings. The fourth-order valence-corrected chi connectivity index (χ4v) is 9.07. The zero-order valence-electron chi connectivity index (χ0n) is 20.1. The maximum Gasteiger partial charge on any atom is 0.0655 e. The second-order valence-corrected chi connectivity index (χ2v) is 12.9. The van der Waals surface area contributed by atoms with Gasteiger partial charge in [-0.3, -0.25) is 0 Å². The summed E-state index contributed by atoms with van der Waals surface area (Å²) in [6, 6.07) is 2.55. The van der Waals surface area contributed by atoms with Gasteiger partial charge in [-0.2, -0.15) is 5.26 Å². The van der Waals surface area contributed by atoms with E-state index in [-0.39, 0.29) is 0 Å². The van der Waals surface area contributed by atoms with E-state index in [4.69, 9.17) is 0 Å². The average Bonchev–Trinajstić information content (AvgIpc) is 3.04. The Morgan fingerprint density at radius 3 is 2.24 bits per heavy atom. The SMILES string of the molecule is CCC1C(C2(C)CCC(C#N)CC2)CCC2(C)C1CCC2[C@H](P)CCCC(C)C. The standard InChI is InChI=1S/C27H48NP/c1-6-21-22(26(4)15-12-20(18-28)13-16-26)14-17-27(5)23(21)10-11-24(27)25(29)9-7-8-19(2)3/h19-25H,6-17,29H2,1-5H3/t20?,21?,22?,23?,24?,25-,26?,27?/m1/s1. The van der Waals surface area contributed by atoms with Crippen LogP contribution in [-0.4, -0.2) is 5.66 Å². The molecule has 0 N–H and O–H groups in total. The summed E-state index contributed by atoms with van der Waals surface area (Å²) in [6.45, 7) is 12.5. The Balaban J connectivity index is 1.69. The molecule has 3 aliphatic carbocycles. The minimum absolute atomic E-state index is 0.330. The van der Waals surface area contributed by atoms with Crippen LogP contribution in [0.15, 0.2) is 0 Å². The molecule has 0 spiro atoms. The Hall–Kier alpha value is -0.0800. The lowest BCUT2D eigenvalue weighted by Gasteiger charge is -2.55. The highest BCUT2D eigenvalue weighted by Crippen LogP contribution is 2.65. The van der Waals surface area contributed by atoms with Crippen LogP contribution < -0.4 is 0 Å². The second-order valence-electron chi connectivity index (χ2n) is 12.1. The molecule has 0 radical (unpaired) electrons. The van der Waals surface area contributed by atoms with Gasteiger partial charge in [0.05, 0.1) is 6.07 Å². The molecule has 3 saturated carbocycles. The largest absolute Gasteiger partial charge is 0.198 e. The molecule has 1 nitrogen and oxygen atoms in total. The van der Waals surface area contributed by atoms with Gasteiger partial charge in [0.25, 0.3) is 0 Å². The van der Waals surface area contributed by atoms with Crippen molar-refractivity contribution in [3.05, 3.63) is 0 Å². The van der Waals surface area contributed by atoms with Crippen molar-refractivity contribution in [2.24, 2.45) is 46.3 Å². The van der Waals surface area contributed by atoms with Gasteiger partial charge in [-0.1, -0.05) is 53.9 Å². The Labute approximate surface area is 184 Å². The highest BCUT2D eigenvalue weighted by Gasteiger charge is 2.57. The number of rotatable bonds is 7. The fourth-order valence-electron chi connectivity index (χ4n) is 8.21. The molecule has 0 aromatic heterocycles. The van der Waals surface area contributed by atoms with Crippen molar-refractivity contribution in [3.8, 4) is 6.07 Å². The van der Waals surface area contributed by atoms with E-state index in [1.165, 1.54) is 64.2 Å². The molecule has 0 aromatic rings. The molecule has 29 heavy (non-hydrogen) atoms. The molecule has 0 amide bonds. The van der Waals surface area contributed by atoms with Crippen LogP contribution in [0, 0.1) is 57.7 Å². The zero-order valence-corrected chi connectivity index (χ0v) is 21.2. The summed E-state index contributed by atoms with van der Waals surface area (Å²) < 4.78 is 0. The lowest BCUT2D eigenvalue weighted by molar-refractivity contribution is -0.0561. The molecule has 0 bridgehead atoms. The lowest BCUT2D eigenvalue weighted by Crippen LogP contribution is -2.48. The maximum atomic E-state index is 9.35. The van der Waals surface area contributed by atoms with E-state index in [0.29, 0.717) is 16.7 Å². The van der Waals surface area contributed by atoms with Crippen molar-refractivity contribution in [1.82, 2.24) is 0 Å². The monoisotopic (exact) mass is 417 g/mol. The van der Waals surface area contributed by atoms with Gasteiger partial charge in [0.2, 0.25) is 0 Å². The lowest BCUT2D eigenvalue weighted by atomic mass is 9.50. The Morgan fingerprint density at radius 2 is 1.66 bits per heavy atom. The van der Waals surface area contributed by atoms with E-state index in [0.717, 1.165) is 48.1 Å². The molecule has 6 unspecified atom stereocenters. The molecular formula is C27H48NP. The van der Waals surface area contributed by atoms with Crippen LogP contribution in [0.25, 0.3) is 0 Å². The van der Waals surface area contributed by atoms with Crippen molar-refractivity contribution < 1.29 is 0 Å². The number of nitriles is 1. The molecule has 0 saturated heterocycles. The van der Waals surface area contributed by atoms with Gasteiger partial charge in [-0.05, 0) is 104 Å². The van der Waals surface area contributed by atoms with Crippen LogP contribution in [0.4, 0.5) is 0 Å². The van der Waals surface area contributed by atoms with Gasteiger partial charge in [0, 0.05) is 5.92 Å². The smallest absolute Gasteiger partial charge is 0.0655 e. The summed E-state index contributed by atoms with van der Waals surface area (Å²) in [5, 5.41) is 9.35. The van der Waals surface area contributed by atoms with Crippen LogP contribution in [0.1, 0.15) is 112 Å². The first kappa shape index (κ1) is 23.6. The first-order valence-electron chi connectivity index (χ1n) is 12.9. The van der Waals surface area contributed by atoms with Gasteiger partial charge in [0.15, 0.2) is 0 Å². The van der Waals surface area contributed by atoms with E-state index >= 15 is 0 Å². The number of fused-ring (bicyclic) bond motifs is 1. The van der Waals surface area contributed by atoms with Crippen LogP contribution in [0.3, 0.4) is 0 Å². The highest BCUT2D eigenvalue weighted by atomic mass is 31.0.